The maximum atomic E-state index is 6.45. The van der Waals surface area contributed by atoms with Crippen molar-refractivity contribution in [2.45, 2.75) is 12.3 Å². The third kappa shape index (κ3) is 3.59. The average molecular weight is 401 g/mol. The minimum absolute atomic E-state index is 0.330. The number of rotatable bonds is 4. The third-order valence-electron chi connectivity index (χ3n) is 2.50. The highest BCUT2D eigenvalue weighted by molar-refractivity contribution is 9.11. The van der Waals surface area contributed by atoms with Gasteiger partial charge in [0, 0.05) is 11.1 Å². The van der Waals surface area contributed by atoms with Crippen LogP contribution in [-0.2, 0) is 0 Å². The van der Waals surface area contributed by atoms with Crippen molar-refractivity contribution in [3.05, 3.63) is 48.5 Å². The normalized spacial score (nSPS) is 12.5. The van der Waals surface area contributed by atoms with Gasteiger partial charge >= 0.3 is 0 Å². The van der Waals surface area contributed by atoms with Crippen LogP contribution in [0.25, 0.3) is 0 Å². The molecule has 1 aromatic heterocycles. The molecule has 0 fully saturated rings. The zero-order chi connectivity index (χ0) is 14.0. The first-order valence-electron chi connectivity index (χ1n) is 5.52. The summed E-state index contributed by atoms with van der Waals surface area (Å²) in [7, 11) is 0. The molecule has 0 bridgehead atoms. The van der Waals surface area contributed by atoms with E-state index in [-0.39, 0.29) is 5.38 Å². The lowest BCUT2D eigenvalue weighted by Crippen LogP contribution is -1.97. The highest BCUT2D eigenvalue weighted by Crippen LogP contribution is 2.40. The predicted octanol–water partition coefficient (Wildman–Crippen LogP) is 6.54. The van der Waals surface area contributed by atoms with Crippen LogP contribution in [-0.4, -0.2) is 6.61 Å². The van der Waals surface area contributed by atoms with E-state index in [1.54, 1.807) is 23.5 Å². The van der Waals surface area contributed by atoms with E-state index in [0.29, 0.717) is 22.4 Å². The van der Waals surface area contributed by atoms with E-state index < -0.39 is 0 Å². The van der Waals surface area contributed by atoms with Gasteiger partial charge in [-0.2, -0.15) is 0 Å². The molecule has 0 saturated heterocycles. The van der Waals surface area contributed by atoms with Gasteiger partial charge < -0.3 is 4.74 Å². The molecule has 1 atom stereocenters. The molecule has 2 rings (SSSR count). The summed E-state index contributed by atoms with van der Waals surface area (Å²) in [6.07, 6.45) is 0. The molecule has 1 aromatic carbocycles. The van der Waals surface area contributed by atoms with Gasteiger partial charge in [-0.1, -0.05) is 23.2 Å². The minimum atomic E-state index is -0.330. The molecule has 6 heteroatoms. The topological polar surface area (TPSA) is 9.23 Å². The second kappa shape index (κ2) is 6.68. The number of ether oxygens (including phenoxy) is 1. The third-order valence-corrected chi connectivity index (χ3v) is 5.14. The Bertz CT molecular complexity index is 585. The van der Waals surface area contributed by atoms with Crippen molar-refractivity contribution < 1.29 is 4.74 Å². The van der Waals surface area contributed by atoms with Crippen LogP contribution in [0.2, 0.25) is 10.0 Å². The van der Waals surface area contributed by atoms with Gasteiger partial charge in [0.25, 0.3) is 0 Å². The van der Waals surface area contributed by atoms with Crippen LogP contribution in [0, 0.1) is 0 Å². The SMILES string of the molecule is CCOc1cc(Cl)c(C(Cl)c2csc(Br)c2)cc1Cl. The molecule has 0 amide bonds. The number of halogens is 4. The zero-order valence-corrected chi connectivity index (χ0v) is 14.6. The number of hydrogen-bond donors (Lipinski definition) is 0. The molecule has 0 spiro atoms. The van der Waals surface area contributed by atoms with Crippen molar-refractivity contribution in [2.75, 3.05) is 6.61 Å². The molecule has 0 aliphatic carbocycles. The van der Waals surface area contributed by atoms with Crippen molar-refractivity contribution in [1.82, 2.24) is 0 Å². The van der Waals surface area contributed by atoms with Gasteiger partial charge in [0.1, 0.15) is 5.75 Å². The summed E-state index contributed by atoms with van der Waals surface area (Å²) in [4.78, 5) is 0. The highest BCUT2D eigenvalue weighted by atomic mass is 79.9. The molecular formula is C13H10BrCl3OS. The Labute approximate surface area is 139 Å². The largest absolute Gasteiger partial charge is 0.492 e. The van der Waals surface area contributed by atoms with E-state index in [4.69, 9.17) is 39.5 Å². The number of hydrogen-bond acceptors (Lipinski definition) is 2. The van der Waals surface area contributed by atoms with Gasteiger partial charge in [-0.25, -0.2) is 0 Å². The molecule has 0 N–H and O–H groups in total. The molecule has 2 aromatic rings. The van der Waals surface area contributed by atoms with Crippen molar-refractivity contribution in [1.29, 1.82) is 0 Å². The summed E-state index contributed by atoms with van der Waals surface area (Å²) in [5.74, 6) is 0.577. The fourth-order valence-electron chi connectivity index (χ4n) is 1.64. The van der Waals surface area contributed by atoms with Crippen LogP contribution in [0.1, 0.15) is 23.4 Å². The lowest BCUT2D eigenvalue weighted by Gasteiger charge is -2.13. The Morgan fingerprint density at radius 1 is 1.26 bits per heavy atom. The van der Waals surface area contributed by atoms with Gasteiger partial charge in [0.2, 0.25) is 0 Å². The maximum Gasteiger partial charge on any atom is 0.139 e. The first kappa shape index (κ1) is 15.5. The molecule has 0 radical (unpaired) electrons. The summed E-state index contributed by atoms with van der Waals surface area (Å²) >= 11 is 23.9. The molecule has 1 heterocycles. The van der Waals surface area contributed by atoms with E-state index in [1.807, 2.05) is 18.4 Å². The number of thiophene rings is 1. The van der Waals surface area contributed by atoms with Crippen LogP contribution in [0.15, 0.2) is 27.4 Å². The summed E-state index contributed by atoms with van der Waals surface area (Å²) in [6.45, 7) is 2.43. The summed E-state index contributed by atoms with van der Waals surface area (Å²) < 4.78 is 6.43. The van der Waals surface area contributed by atoms with Gasteiger partial charge in [0.05, 0.1) is 20.8 Å². The van der Waals surface area contributed by atoms with Crippen LogP contribution in [0.5, 0.6) is 5.75 Å². The molecule has 1 nitrogen and oxygen atoms in total. The van der Waals surface area contributed by atoms with Crippen molar-refractivity contribution in [2.24, 2.45) is 0 Å². The van der Waals surface area contributed by atoms with Crippen molar-refractivity contribution >= 4 is 62.1 Å². The van der Waals surface area contributed by atoms with Crippen LogP contribution >= 0.6 is 62.1 Å². The zero-order valence-electron chi connectivity index (χ0n) is 9.92. The molecule has 19 heavy (non-hydrogen) atoms. The summed E-state index contributed by atoms with van der Waals surface area (Å²) in [5.41, 5.74) is 1.77. The molecule has 0 aliphatic heterocycles. The molecule has 0 saturated carbocycles. The van der Waals surface area contributed by atoms with Crippen LogP contribution < -0.4 is 4.74 Å². The fraction of sp³-hybridized carbons (Fsp3) is 0.231. The van der Waals surface area contributed by atoms with Gasteiger partial charge in [-0.15, -0.1) is 22.9 Å². The Morgan fingerprint density at radius 2 is 2.00 bits per heavy atom. The van der Waals surface area contributed by atoms with E-state index >= 15 is 0 Å². The first-order chi connectivity index (χ1) is 9.02. The van der Waals surface area contributed by atoms with E-state index in [0.717, 1.165) is 14.9 Å². The Balaban J connectivity index is 2.37. The van der Waals surface area contributed by atoms with E-state index in [2.05, 4.69) is 15.9 Å². The molecule has 1 unspecified atom stereocenters. The van der Waals surface area contributed by atoms with Crippen molar-refractivity contribution in [3.8, 4) is 5.75 Å². The van der Waals surface area contributed by atoms with Gasteiger partial charge in [-0.05, 0) is 51.5 Å². The first-order valence-corrected chi connectivity index (χ1v) is 8.39. The second-order valence-corrected chi connectivity index (χ2v) is 7.33. The molecule has 102 valence electrons. The van der Waals surface area contributed by atoms with Crippen LogP contribution in [0.3, 0.4) is 0 Å². The Hall–Kier alpha value is 0.0700. The number of benzene rings is 1. The average Bonchev–Trinajstić information content (AvgIpc) is 2.79. The Morgan fingerprint density at radius 3 is 2.58 bits per heavy atom. The predicted molar refractivity (Wildman–Crippen MR) is 87.3 cm³/mol. The molecule has 0 aliphatic rings. The lowest BCUT2D eigenvalue weighted by atomic mass is 10.1. The smallest absolute Gasteiger partial charge is 0.139 e. The van der Waals surface area contributed by atoms with E-state index in [9.17, 15) is 0 Å². The van der Waals surface area contributed by atoms with Gasteiger partial charge in [0.15, 0.2) is 0 Å². The van der Waals surface area contributed by atoms with E-state index in [1.165, 1.54) is 0 Å². The summed E-state index contributed by atoms with van der Waals surface area (Å²) in [5, 5.41) is 2.72. The standard InChI is InChI=1S/C13H10BrCl3OS/c1-2-18-11-5-9(15)8(4-10(11)16)13(17)7-3-12(14)19-6-7/h3-6,13H,2H2,1H3. The lowest BCUT2D eigenvalue weighted by molar-refractivity contribution is 0.340. The monoisotopic (exact) mass is 398 g/mol. The summed E-state index contributed by atoms with van der Waals surface area (Å²) in [6, 6.07) is 5.45. The van der Waals surface area contributed by atoms with Crippen LogP contribution in [0.4, 0.5) is 0 Å². The van der Waals surface area contributed by atoms with Gasteiger partial charge in [-0.3, -0.25) is 0 Å². The van der Waals surface area contributed by atoms with Crippen molar-refractivity contribution in [3.63, 3.8) is 0 Å². The molecular weight excluding hydrogens is 390 g/mol. The second-order valence-electron chi connectivity index (χ2n) is 3.78. The minimum Gasteiger partial charge on any atom is -0.492 e. The number of alkyl halides is 1. The fourth-order valence-corrected chi connectivity index (χ4v) is 3.77. The quantitative estimate of drug-likeness (QED) is 0.529. The highest BCUT2D eigenvalue weighted by Gasteiger charge is 2.18. The maximum absolute atomic E-state index is 6.45. The Kier molecular flexibility index (Phi) is 5.44.